The van der Waals surface area contributed by atoms with Gasteiger partial charge in [0.05, 0.1) is 0 Å². The molecule has 0 atom stereocenters. The van der Waals surface area contributed by atoms with Gasteiger partial charge < -0.3 is 10.0 Å². The summed E-state index contributed by atoms with van der Waals surface area (Å²) in [7, 11) is -1.62. The van der Waals surface area contributed by atoms with E-state index in [9.17, 15) is 14.4 Å². The second kappa shape index (κ2) is 7.20. The molecule has 0 radical (unpaired) electrons. The van der Waals surface area contributed by atoms with Crippen molar-refractivity contribution in [2.75, 3.05) is 6.54 Å². The van der Waals surface area contributed by atoms with Gasteiger partial charge in [0, 0.05) is 12.6 Å². The molecular formula is C15H23BFNO2. The molecule has 0 aliphatic heterocycles. The van der Waals surface area contributed by atoms with E-state index in [2.05, 4.69) is 11.8 Å². The topological polar surface area (TPSA) is 43.7 Å². The van der Waals surface area contributed by atoms with Crippen LogP contribution in [0.1, 0.15) is 44.6 Å². The molecule has 1 aromatic rings. The maximum Gasteiger partial charge on any atom is 0.488 e. The largest absolute Gasteiger partial charge is 0.488 e. The van der Waals surface area contributed by atoms with Crippen LogP contribution in [-0.2, 0) is 6.54 Å². The first-order valence-electron chi connectivity index (χ1n) is 7.49. The molecular weight excluding hydrogens is 256 g/mol. The molecule has 3 nitrogen and oxygen atoms in total. The molecule has 20 heavy (non-hydrogen) atoms. The Kier molecular flexibility index (Phi) is 5.58. The van der Waals surface area contributed by atoms with Crippen molar-refractivity contribution in [3.05, 3.63) is 29.6 Å². The minimum atomic E-state index is -1.62. The maximum atomic E-state index is 13.5. The molecule has 1 aliphatic rings. The highest BCUT2D eigenvalue weighted by molar-refractivity contribution is 6.58. The molecule has 1 fully saturated rings. The van der Waals surface area contributed by atoms with Crippen LogP contribution in [-0.4, -0.2) is 34.7 Å². The predicted molar refractivity (Wildman–Crippen MR) is 79.2 cm³/mol. The minimum Gasteiger partial charge on any atom is -0.423 e. The minimum absolute atomic E-state index is 0.222. The van der Waals surface area contributed by atoms with Gasteiger partial charge in [-0.25, -0.2) is 4.39 Å². The van der Waals surface area contributed by atoms with Crippen LogP contribution in [0.25, 0.3) is 0 Å². The van der Waals surface area contributed by atoms with E-state index < -0.39 is 12.9 Å². The molecule has 5 heteroatoms. The summed E-state index contributed by atoms with van der Waals surface area (Å²) in [5.74, 6) is -0.412. The lowest BCUT2D eigenvalue weighted by molar-refractivity contribution is 0.156. The zero-order valence-corrected chi connectivity index (χ0v) is 12.1. The monoisotopic (exact) mass is 279 g/mol. The van der Waals surface area contributed by atoms with Crippen LogP contribution < -0.4 is 5.46 Å². The van der Waals surface area contributed by atoms with Crippen molar-refractivity contribution in [1.82, 2.24) is 4.90 Å². The van der Waals surface area contributed by atoms with Crippen molar-refractivity contribution in [1.29, 1.82) is 0 Å². The Bertz CT molecular complexity index is 436. The van der Waals surface area contributed by atoms with Crippen LogP contribution in [0.15, 0.2) is 18.2 Å². The molecule has 2 rings (SSSR count). The Labute approximate surface area is 120 Å². The molecule has 0 spiro atoms. The van der Waals surface area contributed by atoms with Crippen molar-refractivity contribution >= 4 is 12.6 Å². The molecule has 1 aliphatic carbocycles. The van der Waals surface area contributed by atoms with Gasteiger partial charge in [0.2, 0.25) is 0 Å². The molecule has 0 heterocycles. The third-order valence-electron chi connectivity index (χ3n) is 4.16. The molecule has 1 saturated carbocycles. The predicted octanol–water partition coefficient (Wildman–Crippen LogP) is 1.66. The van der Waals surface area contributed by atoms with Crippen LogP contribution >= 0.6 is 0 Å². The Hall–Kier alpha value is -0.905. The van der Waals surface area contributed by atoms with Crippen molar-refractivity contribution in [2.45, 2.75) is 51.6 Å². The summed E-state index contributed by atoms with van der Waals surface area (Å²) in [6.45, 7) is 3.71. The van der Waals surface area contributed by atoms with Gasteiger partial charge in [0.1, 0.15) is 5.82 Å². The average molecular weight is 279 g/mol. The summed E-state index contributed by atoms with van der Waals surface area (Å²) in [5, 5.41) is 18.4. The van der Waals surface area contributed by atoms with Gasteiger partial charge in [-0.05, 0) is 42.5 Å². The second-order valence-electron chi connectivity index (χ2n) is 5.62. The van der Waals surface area contributed by atoms with Crippen molar-refractivity contribution in [3.63, 3.8) is 0 Å². The Balaban J connectivity index is 2.10. The summed E-state index contributed by atoms with van der Waals surface area (Å²) >= 11 is 0. The number of nitrogens with zero attached hydrogens (tertiary/aromatic N) is 1. The van der Waals surface area contributed by atoms with Gasteiger partial charge in [-0.1, -0.05) is 32.3 Å². The van der Waals surface area contributed by atoms with Crippen LogP contribution in [0.4, 0.5) is 4.39 Å². The molecule has 0 amide bonds. The van der Waals surface area contributed by atoms with E-state index in [1.807, 2.05) is 0 Å². The van der Waals surface area contributed by atoms with Crippen molar-refractivity contribution < 1.29 is 14.4 Å². The summed E-state index contributed by atoms with van der Waals surface area (Å²) in [4.78, 5) is 2.36. The van der Waals surface area contributed by atoms with Crippen molar-refractivity contribution in [2.24, 2.45) is 0 Å². The number of hydrogen-bond acceptors (Lipinski definition) is 3. The van der Waals surface area contributed by atoms with Gasteiger partial charge in [-0.2, -0.15) is 0 Å². The van der Waals surface area contributed by atoms with Crippen LogP contribution in [0.2, 0.25) is 0 Å². The van der Waals surface area contributed by atoms with Crippen LogP contribution in [0.5, 0.6) is 0 Å². The van der Waals surface area contributed by atoms with Crippen LogP contribution in [0.3, 0.4) is 0 Å². The fourth-order valence-corrected chi connectivity index (χ4v) is 3.10. The average Bonchev–Trinajstić information content (AvgIpc) is 2.45. The van der Waals surface area contributed by atoms with E-state index in [1.54, 1.807) is 6.07 Å². The zero-order chi connectivity index (χ0) is 14.5. The number of benzene rings is 1. The molecule has 0 saturated heterocycles. The highest BCUT2D eigenvalue weighted by Crippen LogP contribution is 2.23. The quantitative estimate of drug-likeness (QED) is 0.806. The van der Waals surface area contributed by atoms with Gasteiger partial charge in [0.25, 0.3) is 0 Å². The first-order chi connectivity index (χ1) is 9.60. The molecule has 0 aromatic heterocycles. The third kappa shape index (κ3) is 4.04. The standard InChI is InChI=1S/C15H23BFNO2/c1-2-18(15-6-4-3-5-7-15)11-12-8-13(16(19)20)10-14(17)9-12/h8-10,15,19-20H,2-7,11H2,1H3. The van der Waals surface area contributed by atoms with E-state index in [0.29, 0.717) is 12.6 Å². The number of hydrogen-bond donors (Lipinski definition) is 2. The van der Waals surface area contributed by atoms with Gasteiger partial charge in [-0.15, -0.1) is 0 Å². The van der Waals surface area contributed by atoms with Gasteiger partial charge in [0.15, 0.2) is 0 Å². The fourth-order valence-electron chi connectivity index (χ4n) is 3.10. The summed E-state index contributed by atoms with van der Waals surface area (Å²) in [6.07, 6.45) is 6.27. The SMILES string of the molecule is CCN(Cc1cc(F)cc(B(O)O)c1)C1CCCCC1. The summed E-state index contributed by atoms with van der Waals surface area (Å²) in [6, 6.07) is 4.90. The number of halogens is 1. The van der Waals surface area contributed by atoms with E-state index in [-0.39, 0.29) is 5.46 Å². The Morgan fingerprint density at radius 2 is 1.90 bits per heavy atom. The molecule has 1 aromatic carbocycles. The van der Waals surface area contributed by atoms with E-state index in [4.69, 9.17) is 0 Å². The lowest BCUT2D eigenvalue weighted by Gasteiger charge is -2.33. The smallest absolute Gasteiger partial charge is 0.423 e. The number of rotatable bonds is 5. The molecule has 110 valence electrons. The lowest BCUT2D eigenvalue weighted by Crippen LogP contribution is -2.37. The normalized spacial score (nSPS) is 16.6. The second-order valence-corrected chi connectivity index (χ2v) is 5.62. The van der Waals surface area contributed by atoms with E-state index >= 15 is 0 Å². The highest BCUT2D eigenvalue weighted by Gasteiger charge is 2.21. The first kappa shape index (κ1) is 15.5. The maximum absolute atomic E-state index is 13.5. The Morgan fingerprint density at radius 1 is 1.20 bits per heavy atom. The molecule has 2 N–H and O–H groups in total. The zero-order valence-electron chi connectivity index (χ0n) is 12.1. The van der Waals surface area contributed by atoms with Gasteiger partial charge >= 0.3 is 7.12 Å². The molecule has 0 bridgehead atoms. The summed E-state index contributed by atoms with van der Waals surface area (Å²) < 4.78 is 13.5. The Morgan fingerprint density at radius 3 is 2.50 bits per heavy atom. The molecule has 0 unspecified atom stereocenters. The third-order valence-corrected chi connectivity index (χ3v) is 4.16. The van der Waals surface area contributed by atoms with E-state index in [1.165, 1.54) is 44.2 Å². The van der Waals surface area contributed by atoms with Crippen LogP contribution in [0, 0.1) is 5.82 Å². The van der Waals surface area contributed by atoms with Gasteiger partial charge in [-0.3, -0.25) is 4.90 Å². The highest BCUT2D eigenvalue weighted by atomic mass is 19.1. The first-order valence-corrected chi connectivity index (χ1v) is 7.49. The summed E-state index contributed by atoms with van der Waals surface area (Å²) in [5.41, 5.74) is 1.03. The lowest BCUT2D eigenvalue weighted by atomic mass is 9.79. The fraction of sp³-hybridized carbons (Fsp3) is 0.600. The van der Waals surface area contributed by atoms with E-state index in [0.717, 1.165) is 12.1 Å². The van der Waals surface area contributed by atoms with Crippen molar-refractivity contribution in [3.8, 4) is 0 Å².